The number of rotatable bonds is 3. The fraction of sp³-hybridized carbons (Fsp3) is 0.889. The van der Waals surface area contributed by atoms with E-state index >= 15 is 0 Å². The van der Waals surface area contributed by atoms with E-state index in [0.717, 1.165) is 45.4 Å². The van der Waals surface area contributed by atoms with Gasteiger partial charge >= 0.3 is 0 Å². The summed E-state index contributed by atoms with van der Waals surface area (Å²) in [4.78, 5) is 31.5. The number of nitrogens with zero attached hydrogens (tertiary/aromatic N) is 3. The van der Waals surface area contributed by atoms with Crippen LogP contribution in [-0.4, -0.2) is 71.3 Å². The second-order valence-corrected chi connectivity index (χ2v) is 7.71. The molecule has 5 heteroatoms. The molecule has 2 heterocycles. The topological polar surface area (TPSA) is 43.9 Å². The molecular weight excluding hydrogens is 290 g/mol. The van der Waals surface area contributed by atoms with Crippen molar-refractivity contribution in [3.63, 3.8) is 0 Å². The number of amides is 2. The lowest BCUT2D eigenvalue weighted by Gasteiger charge is -2.41. The average Bonchev–Trinajstić information content (AvgIpc) is 3.05. The van der Waals surface area contributed by atoms with Gasteiger partial charge in [0.15, 0.2) is 0 Å². The Bertz CT molecular complexity index is 446. The van der Waals surface area contributed by atoms with Crippen LogP contribution in [0.3, 0.4) is 0 Å². The van der Waals surface area contributed by atoms with Crippen molar-refractivity contribution in [3.8, 4) is 0 Å². The average molecular weight is 321 g/mol. The highest BCUT2D eigenvalue weighted by atomic mass is 16.2. The third-order valence-corrected chi connectivity index (χ3v) is 5.88. The van der Waals surface area contributed by atoms with Gasteiger partial charge in [0, 0.05) is 31.7 Å². The van der Waals surface area contributed by atoms with Gasteiger partial charge in [0.1, 0.15) is 0 Å². The van der Waals surface area contributed by atoms with Gasteiger partial charge in [0.25, 0.3) is 0 Å². The van der Waals surface area contributed by atoms with Gasteiger partial charge in [-0.25, -0.2) is 0 Å². The molecule has 3 aliphatic rings. The van der Waals surface area contributed by atoms with E-state index in [2.05, 4.69) is 23.6 Å². The highest BCUT2D eigenvalue weighted by Crippen LogP contribution is 2.25. The fourth-order valence-electron chi connectivity index (χ4n) is 4.37. The quantitative estimate of drug-likeness (QED) is 0.795. The van der Waals surface area contributed by atoms with Gasteiger partial charge in [-0.2, -0.15) is 0 Å². The lowest BCUT2D eigenvalue weighted by Crippen LogP contribution is -2.56. The van der Waals surface area contributed by atoms with Crippen LogP contribution in [0.2, 0.25) is 0 Å². The highest BCUT2D eigenvalue weighted by Gasteiger charge is 2.37. The third kappa shape index (κ3) is 3.70. The summed E-state index contributed by atoms with van der Waals surface area (Å²) < 4.78 is 0. The minimum absolute atomic E-state index is 0.0893. The Labute approximate surface area is 140 Å². The summed E-state index contributed by atoms with van der Waals surface area (Å²) in [6.45, 7) is 7.97. The van der Waals surface area contributed by atoms with Gasteiger partial charge in [-0.1, -0.05) is 19.3 Å². The molecule has 2 amide bonds. The van der Waals surface area contributed by atoms with Crippen LogP contribution in [0.5, 0.6) is 0 Å². The molecule has 2 saturated heterocycles. The van der Waals surface area contributed by atoms with Crippen molar-refractivity contribution in [1.29, 1.82) is 0 Å². The molecule has 1 aliphatic carbocycles. The van der Waals surface area contributed by atoms with E-state index in [1.165, 1.54) is 19.3 Å². The predicted octanol–water partition coefficient (Wildman–Crippen LogP) is 1.72. The van der Waals surface area contributed by atoms with E-state index in [4.69, 9.17) is 0 Å². The normalized spacial score (nSPS) is 28.0. The fourth-order valence-corrected chi connectivity index (χ4v) is 4.37. The van der Waals surface area contributed by atoms with Crippen LogP contribution in [0.1, 0.15) is 52.4 Å². The molecule has 3 fully saturated rings. The van der Waals surface area contributed by atoms with E-state index in [-0.39, 0.29) is 17.7 Å². The van der Waals surface area contributed by atoms with Gasteiger partial charge in [-0.3, -0.25) is 9.59 Å². The highest BCUT2D eigenvalue weighted by molar-refractivity contribution is 5.87. The first-order valence-corrected chi connectivity index (χ1v) is 9.38. The maximum absolute atomic E-state index is 12.7. The van der Waals surface area contributed by atoms with E-state index in [0.29, 0.717) is 18.6 Å². The van der Waals surface area contributed by atoms with Crippen LogP contribution in [-0.2, 0) is 9.59 Å². The maximum atomic E-state index is 12.7. The molecule has 1 unspecified atom stereocenters. The largest absolute Gasteiger partial charge is 0.336 e. The Balaban J connectivity index is 1.53. The van der Waals surface area contributed by atoms with Crippen LogP contribution < -0.4 is 0 Å². The van der Waals surface area contributed by atoms with Crippen molar-refractivity contribution >= 4 is 11.8 Å². The summed E-state index contributed by atoms with van der Waals surface area (Å²) in [6.07, 6.45) is 7.01. The van der Waals surface area contributed by atoms with Crippen LogP contribution in [0, 0.1) is 5.92 Å². The zero-order valence-corrected chi connectivity index (χ0v) is 14.7. The lowest BCUT2D eigenvalue weighted by atomic mass is 9.93. The van der Waals surface area contributed by atoms with Crippen molar-refractivity contribution in [1.82, 2.24) is 14.7 Å². The molecule has 0 aromatic rings. The molecule has 130 valence electrons. The third-order valence-electron chi connectivity index (χ3n) is 5.88. The first kappa shape index (κ1) is 16.7. The molecule has 0 N–H and O–H groups in total. The molecule has 0 aromatic carbocycles. The summed E-state index contributed by atoms with van der Waals surface area (Å²) in [5, 5.41) is 0. The zero-order chi connectivity index (χ0) is 16.4. The van der Waals surface area contributed by atoms with Gasteiger partial charge in [0.05, 0.1) is 12.5 Å². The van der Waals surface area contributed by atoms with Crippen molar-refractivity contribution in [3.05, 3.63) is 0 Å². The smallest absolute Gasteiger partial charge is 0.242 e. The Morgan fingerprint density at radius 2 is 1.78 bits per heavy atom. The van der Waals surface area contributed by atoms with E-state index in [9.17, 15) is 9.59 Å². The first-order valence-electron chi connectivity index (χ1n) is 9.38. The van der Waals surface area contributed by atoms with Crippen molar-refractivity contribution in [2.45, 2.75) is 64.5 Å². The Morgan fingerprint density at radius 3 is 2.39 bits per heavy atom. The Morgan fingerprint density at radius 1 is 1.04 bits per heavy atom. The Hall–Kier alpha value is -1.10. The van der Waals surface area contributed by atoms with Gasteiger partial charge in [-0.05, 0) is 39.7 Å². The molecule has 1 saturated carbocycles. The van der Waals surface area contributed by atoms with Gasteiger partial charge in [0.2, 0.25) is 11.8 Å². The molecule has 0 bridgehead atoms. The van der Waals surface area contributed by atoms with Gasteiger partial charge in [-0.15, -0.1) is 0 Å². The molecule has 5 nitrogen and oxygen atoms in total. The minimum atomic E-state index is 0.0893. The van der Waals surface area contributed by atoms with Crippen molar-refractivity contribution in [2.75, 3.05) is 32.7 Å². The summed E-state index contributed by atoms with van der Waals surface area (Å²) >= 11 is 0. The molecular formula is C18H31N3O2. The SMILES string of the molecule is CC(C)N1CCC(C(=O)N2CCN(C3CCCCC3)C(=O)C2)C1. The molecule has 0 aromatic heterocycles. The molecule has 3 rings (SSSR count). The van der Waals surface area contributed by atoms with E-state index in [1.807, 2.05) is 4.90 Å². The Kier molecular flexibility index (Phi) is 5.24. The van der Waals surface area contributed by atoms with Crippen LogP contribution >= 0.6 is 0 Å². The standard InChI is InChI=1S/C18H31N3O2/c1-14(2)19-9-8-15(12-19)18(23)20-10-11-21(17(22)13-20)16-6-4-3-5-7-16/h14-16H,3-13H2,1-2H3. The number of likely N-dealkylation sites (tertiary alicyclic amines) is 1. The number of hydrogen-bond acceptors (Lipinski definition) is 3. The minimum Gasteiger partial charge on any atom is -0.336 e. The molecule has 2 aliphatic heterocycles. The second kappa shape index (κ2) is 7.20. The van der Waals surface area contributed by atoms with Crippen LogP contribution in [0.4, 0.5) is 0 Å². The first-order chi connectivity index (χ1) is 11.1. The summed E-state index contributed by atoms with van der Waals surface area (Å²) in [5.74, 6) is 0.450. The van der Waals surface area contributed by atoms with E-state index in [1.54, 1.807) is 0 Å². The van der Waals surface area contributed by atoms with Crippen molar-refractivity contribution in [2.24, 2.45) is 5.92 Å². The van der Waals surface area contributed by atoms with E-state index < -0.39 is 0 Å². The number of hydrogen-bond donors (Lipinski definition) is 0. The van der Waals surface area contributed by atoms with Crippen molar-refractivity contribution < 1.29 is 9.59 Å². The van der Waals surface area contributed by atoms with Gasteiger partial charge < -0.3 is 14.7 Å². The molecule has 1 atom stereocenters. The lowest BCUT2D eigenvalue weighted by molar-refractivity contribution is -0.149. The summed E-state index contributed by atoms with van der Waals surface area (Å²) in [6, 6.07) is 0.925. The zero-order valence-electron chi connectivity index (χ0n) is 14.7. The van der Waals surface area contributed by atoms with Crippen LogP contribution in [0.15, 0.2) is 0 Å². The predicted molar refractivity (Wildman–Crippen MR) is 90.0 cm³/mol. The molecule has 0 radical (unpaired) electrons. The monoisotopic (exact) mass is 321 g/mol. The second-order valence-electron chi connectivity index (χ2n) is 7.71. The number of carbonyl (C=O) groups is 2. The maximum Gasteiger partial charge on any atom is 0.242 e. The molecule has 0 spiro atoms. The number of carbonyl (C=O) groups excluding carboxylic acids is 2. The summed E-state index contributed by atoms with van der Waals surface area (Å²) in [7, 11) is 0. The van der Waals surface area contributed by atoms with Crippen LogP contribution in [0.25, 0.3) is 0 Å². The molecule has 23 heavy (non-hydrogen) atoms. The number of piperazine rings is 1. The summed E-state index contributed by atoms with van der Waals surface area (Å²) in [5.41, 5.74) is 0.